The molecular weight excluding hydrogens is 305 g/mol. The van der Waals surface area contributed by atoms with Crippen LogP contribution in [0.15, 0.2) is 23.1 Å². The predicted octanol–water partition coefficient (Wildman–Crippen LogP) is 0.717. The van der Waals surface area contributed by atoms with Crippen molar-refractivity contribution in [3.8, 4) is 0 Å². The van der Waals surface area contributed by atoms with Crippen LogP contribution in [0.4, 0.5) is 0 Å². The first-order valence-electron chi connectivity index (χ1n) is 4.59. The molecule has 0 aliphatic carbocycles. The molecule has 0 saturated carbocycles. The number of carbonyl (C=O) groups is 1. The average Bonchev–Trinajstić information content (AvgIpc) is 2.29. The van der Waals surface area contributed by atoms with Gasteiger partial charge in [0, 0.05) is 11.6 Å². The Morgan fingerprint density at radius 3 is 2.56 bits per heavy atom. The Labute approximate surface area is 113 Å². The van der Waals surface area contributed by atoms with E-state index in [0.29, 0.717) is 0 Å². The molecule has 0 spiro atoms. The van der Waals surface area contributed by atoms with Gasteiger partial charge < -0.3 is 10.2 Å². The molecule has 0 aromatic heterocycles. The number of benzene rings is 1. The summed E-state index contributed by atoms with van der Waals surface area (Å²) in [5.74, 6) is -1.53. The van der Waals surface area contributed by atoms with Crippen molar-refractivity contribution in [2.45, 2.75) is 11.0 Å². The van der Waals surface area contributed by atoms with Crippen molar-refractivity contribution in [2.24, 2.45) is 0 Å². The van der Waals surface area contributed by atoms with E-state index in [4.69, 9.17) is 33.4 Å². The summed E-state index contributed by atoms with van der Waals surface area (Å²) in [6.45, 7) is -0.666. The van der Waals surface area contributed by atoms with Gasteiger partial charge in [-0.1, -0.05) is 23.2 Å². The number of aliphatic hydroxyl groups is 1. The number of carboxylic acid groups (broad SMARTS) is 1. The van der Waals surface area contributed by atoms with Crippen LogP contribution in [-0.4, -0.2) is 37.2 Å². The summed E-state index contributed by atoms with van der Waals surface area (Å²) in [5, 5.41) is 17.5. The number of sulfonamides is 1. The van der Waals surface area contributed by atoms with E-state index in [1.807, 2.05) is 4.72 Å². The summed E-state index contributed by atoms with van der Waals surface area (Å²) in [4.78, 5) is 10.1. The van der Waals surface area contributed by atoms with Crippen molar-refractivity contribution in [3.05, 3.63) is 28.2 Å². The Bertz CT molecular complexity index is 560. The van der Waals surface area contributed by atoms with Crippen LogP contribution in [0, 0.1) is 0 Å². The topological polar surface area (TPSA) is 104 Å². The van der Waals surface area contributed by atoms with Crippen molar-refractivity contribution >= 4 is 39.2 Å². The minimum Gasteiger partial charge on any atom is -0.479 e. The summed E-state index contributed by atoms with van der Waals surface area (Å²) >= 11 is 11.3. The molecule has 6 nitrogen and oxygen atoms in total. The molecule has 0 fully saturated rings. The predicted molar refractivity (Wildman–Crippen MR) is 65.3 cm³/mol. The Balaban J connectivity index is 2.93. The van der Waals surface area contributed by atoms with Crippen LogP contribution in [0.3, 0.4) is 0 Å². The van der Waals surface area contributed by atoms with Gasteiger partial charge in [0.25, 0.3) is 0 Å². The number of rotatable bonds is 5. The van der Waals surface area contributed by atoms with E-state index in [1.165, 1.54) is 12.1 Å². The van der Waals surface area contributed by atoms with Crippen molar-refractivity contribution < 1.29 is 23.4 Å². The monoisotopic (exact) mass is 313 g/mol. The lowest BCUT2D eigenvalue weighted by molar-refractivity contribution is -0.146. The van der Waals surface area contributed by atoms with Gasteiger partial charge in [-0.15, -0.1) is 0 Å². The minimum absolute atomic E-state index is 0.0586. The molecule has 100 valence electrons. The molecule has 1 aromatic carbocycles. The molecule has 0 amide bonds. The van der Waals surface area contributed by atoms with Crippen LogP contribution in [0.5, 0.6) is 0 Å². The average molecular weight is 314 g/mol. The third-order valence-electron chi connectivity index (χ3n) is 1.93. The largest absolute Gasteiger partial charge is 0.479 e. The highest BCUT2D eigenvalue weighted by molar-refractivity contribution is 7.89. The molecule has 18 heavy (non-hydrogen) atoms. The van der Waals surface area contributed by atoms with Gasteiger partial charge in [-0.2, -0.15) is 0 Å². The maximum Gasteiger partial charge on any atom is 0.333 e. The van der Waals surface area contributed by atoms with Gasteiger partial charge in [0.1, 0.15) is 4.90 Å². The van der Waals surface area contributed by atoms with E-state index in [9.17, 15) is 13.2 Å². The second-order valence-electron chi connectivity index (χ2n) is 3.28. The zero-order valence-corrected chi connectivity index (χ0v) is 11.1. The summed E-state index contributed by atoms with van der Waals surface area (Å²) in [6.07, 6.45) is -1.84. The van der Waals surface area contributed by atoms with Crippen molar-refractivity contribution in [2.75, 3.05) is 6.54 Å². The molecule has 0 saturated heterocycles. The summed E-state index contributed by atoms with van der Waals surface area (Å²) in [5.41, 5.74) is 0. The summed E-state index contributed by atoms with van der Waals surface area (Å²) < 4.78 is 25.5. The normalized spacial score (nSPS) is 13.3. The van der Waals surface area contributed by atoms with Gasteiger partial charge in [-0.3, -0.25) is 0 Å². The van der Waals surface area contributed by atoms with Crippen LogP contribution in [0.25, 0.3) is 0 Å². The molecule has 0 bridgehead atoms. The lowest BCUT2D eigenvalue weighted by Gasteiger charge is -2.10. The molecule has 1 rings (SSSR count). The molecule has 1 aromatic rings. The van der Waals surface area contributed by atoms with Gasteiger partial charge in [0.15, 0.2) is 6.10 Å². The number of hydrogen-bond donors (Lipinski definition) is 3. The fourth-order valence-corrected chi connectivity index (χ4v) is 2.84. The standard InChI is InChI=1S/C9H9Cl2NO5S/c10-5-1-2-6(11)8(3-5)18(16,17)12-4-7(13)9(14)15/h1-3,7,12-13H,4H2,(H,14,15)/t7-/m0/s1. The van der Waals surface area contributed by atoms with Gasteiger partial charge in [0.2, 0.25) is 10.0 Å². The van der Waals surface area contributed by atoms with Gasteiger partial charge >= 0.3 is 5.97 Å². The molecule has 9 heteroatoms. The number of halogens is 2. The van der Waals surface area contributed by atoms with E-state index in [2.05, 4.69) is 0 Å². The minimum atomic E-state index is -4.03. The Morgan fingerprint density at radius 2 is 2.00 bits per heavy atom. The number of hydrogen-bond acceptors (Lipinski definition) is 4. The van der Waals surface area contributed by atoms with Gasteiger partial charge in [-0.05, 0) is 18.2 Å². The summed E-state index contributed by atoms with van der Waals surface area (Å²) in [7, 11) is -4.03. The molecule has 0 radical (unpaired) electrons. The van der Waals surface area contributed by atoms with E-state index >= 15 is 0 Å². The highest BCUT2D eigenvalue weighted by Crippen LogP contribution is 2.24. The smallest absolute Gasteiger partial charge is 0.333 e. The Kier molecular flexibility index (Phi) is 4.94. The van der Waals surface area contributed by atoms with Crippen molar-refractivity contribution in [1.29, 1.82) is 0 Å². The van der Waals surface area contributed by atoms with Gasteiger partial charge in [-0.25, -0.2) is 17.9 Å². The number of nitrogens with one attached hydrogen (secondary N) is 1. The van der Waals surface area contributed by atoms with Crippen molar-refractivity contribution in [3.63, 3.8) is 0 Å². The van der Waals surface area contributed by atoms with E-state index in [0.717, 1.165) is 6.07 Å². The molecular formula is C9H9Cl2NO5S. The molecule has 0 unspecified atom stereocenters. The second-order valence-corrected chi connectivity index (χ2v) is 5.86. The lowest BCUT2D eigenvalue weighted by atomic mass is 10.4. The van der Waals surface area contributed by atoms with Crippen LogP contribution >= 0.6 is 23.2 Å². The molecule has 3 N–H and O–H groups in total. The first-order chi connectivity index (χ1) is 8.24. The fourth-order valence-electron chi connectivity index (χ4n) is 1.04. The first kappa shape index (κ1) is 15.2. The van der Waals surface area contributed by atoms with E-state index < -0.39 is 28.6 Å². The third-order valence-corrected chi connectivity index (χ3v) is 4.07. The second kappa shape index (κ2) is 5.85. The molecule has 0 aliphatic heterocycles. The Hall–Kier alpha value is -0.860. The molecule has 1 atom stereocenters. The highest BCUT2D eigenvalue weighted by Gasteiger charge is 2.21. The molecule has 0 aliphatic rings. The van der Waals surface area contributed by atoms with Crippen LogP contribution in [0.1, 0.15) is 0 Å². The number of aliphatic hydroxyl groups excluding tert-OH is 1. The third kappa shape index (κ3) is 3.82. The zero-order valence-electron chi connectivity index (χ0n) is 8.80. The van der Waals surface area contributed by atoms with Crippen LogP contribution < -0.4 is 4.72 Å². The zero-order chi connectivity index (χ0) is 13.9. The SMILES string of the molecule is O=C(O)[C@@H](O)CNS(=O)(=O)c1cc(Cl)ccc1Cl. The quantitative estimate of drug-likeness (QED) is 0.743. The van der Waals surface area contributed by atoms with Gasteiger partial charge in [0.05, 0.1) is 5.02 Å². The fraction of sp³-hybridized carbons (Fsp3) is 0.222. The Morgan fingerprint density at radius 1 is 1.39 bits per heavy atom. The van der Waals surface area contributed by atoms with Crippen LogP contribution in [0.2, 0.25) is 10.0 Å². The maximum atomic E-state index is 11.8. The first-order valence-corrected chi connectivity index (χ1v) is 6.83. The maximum absolute atomic E-state index is 11.8. The number of aliphatic carboxylic acids is 1. The number of carboxylic acids is 1. The summed E-state index contributed by atoms with van der Waals surface area (Å²) in [6, 6.07) is 3.83. The highest BCUT2D eigenvalue weighted by atomic mass is 35.5. The van der Waals surface area contributed by atoms with E-state index in [1.54, 1.807) is 0 Å². The van der Waals surface area contributed by atoms with Crippen molar-refractivity contribution in [1.82, 2.24) is 4.72 Å². The lowest BCUT2D eigenvalue weighted by Crippen LogP contribution is -2.36. The van der Waals surface area contributed by atoms with Crippen LogP contribution in [-0.2, 0) is 14.8 Å². The molecule has 0 heterocycles. The van der Waals surface area contributed by atoms with E-state index in [-0.39, 0.29) is 14.9 Å².